The summed E-state index contributed by atoms with van der Waals surface area (Å²) in [6.07, 6.45) is 8.68. The van der Waals surface area contributed by atoms with Crippen molar-refractivity contribution in [2.45, 2.75) is 64.1 Å². The Kier molecular flexibility index (Phi) is 3.58. The zero-order valence-electron chi connectivity index (χ0n) is 17.7. The van der Waals surface area contributed by atoms with E-state index in [1.54, 1.807) is 4.68 Å². The van der Waals surface area contributed by atoms with Crippen LogP contribution in [0.4, 0.5) is 11.8 Å². The second kappa shape index (κ2) is 5.94. The molecule has 3 aromatic rings. The number of hydrogen-bond donors (Lipinski definition) is 2. The van der Waals surface area contributed by atoms with E-state index in [4.69, 9.17) is 16.6 Å². The minimum Gasteiger partial charge on any atom is -0.368 e. The Hall–Kier alpha value is -2.68. The fourth-order valence-electron chi connectivity index (χ4n) is 6.07. The third kappa shape index (κ3) is 2.57. The second-order valence-electron chi connectivity index (χ2n) is 9.79. The third-order valence-corrected chi connectivity index (χ3v) is 7.79. The minimum absolute atomic E-state index is 0.0828. The molecule has 4 N–H and O–H groups in total. The van der Waals surface area contributed by atoms with Crippen LogP contribution < -0.4 is 16.4 Å². The first-order chi connectivity index (χ1) is 14.3. The van der Waals surface area contributed by atoms with Gasteiger partial charge in [0, 0.05) is 49.9 Å². The highest BCUT2D eigenvalue weighted by Crippen LogP contribution is 2.56. The first-order valence-corrected chi connectivity index (χ1v) is 10.9. The van der Waals surface area contributed by atoms with Gasteiger partial charge >= 0.3 is 0 Å². The number of nitrogens with two attached hydrogens (primary N) is 2. The van der Waals surface area contributed by atoms with Crippen LogP contribution in [0.2, 0.25) is 0 Å². The summed E-state index contributed by atoms with van der Waals surface area (Å²) in [7, 11) is 1.88. The molecule has 6 rings (SSSR count). The molecule has 30 heavy (non-hydrogen) atoms. The van der Waals surface area contributed by atoms with Crippen molar-refractivity contribution in [1.82, 2.24) is 29.5 Å². The number of hydrogen-bond acceptors (Lipinski definition) is 7. The van der Waals surface area contributed by atoms with Gasteiger partial charge in [-0.05, 0) is 44.4 Å². The molecule has 9 heteroatoms. The monoisotopic (exact) mass is 407 g/mol. The van der Waals surface area contributed by atoms with Crippen LogP contribution in [0.5, 0.6) is 0 Å². The predicted molar refractivity (Wildman–Crippen MR) is 115 cm³/mol. The van der Waals surface area contributed by atoms with Gasteiger partial charge in [-0.1, -0.05) is 0 Å². The Morgan fingerprint density at radius 1 is 1.17 bits per heavy atom. The highest BCUT2D eigenvalue weighted by molar-refractivity contribution is 5.88. The Labute approximate surface area is 175 Å². The number of fused-ring (bicyclic) bond motifs is 4. The number of aromatic nitrogens is 6. The fourth-order valence-corrected chi connectivity index (χ4v) is 6.07. The van der Waals surface area contributed by atoms with Gasteiger partial charge in [0.25, 0.3) is 0 Å². The van der Waals surface area contributed by atoms with Gasteiger partial charge < -0.3 is 16.4 Å². The quantitative estimate of drug-likeness (QED) is 0.678. The van der Waals surface area contributed by atoms with E-state index in [9.17, 15) is 0 Å². The maximum Gasteiger partial charge on any atom is 0.224 e. The van der Waals surface area contributed by atoms with Gasteiger partial charge in [-0.15, -0.1) is 0 Å². The lowest BCUT2D eigenvalue weighted by Crippen LogP contribution is -2.33. The van der Waals surface area contributed by atoms with E-state index >= 15 is 0 Å². The summed E-state index contributed by atoms with van der Waals surface area (Å²) in [6, 6.07) is 0. The number of nitrogens with zero attached hydrogens (tertiary/aromatic N) is 7. The largest absolute Gasteiger partial charge is 0.368 e. The van der Waals surface area contributed by atoms with Gasteiger partial charge in [0.2, 0.25) is 5.95 Å². The molecule has 3 aliphatic rings. The molecule has 3 aromatic heterocycles. The minimum atomic E-state index is 0.0828. The summed E-state index contributed by atoms with van der Waals surface area (Å²) in [5, 5.41) is 10.3. The van der Waals surface area contributed by atoms with Gasteiger partial charge in [-0.25, -0.2) is 0 Å². The van der Waals surface area contributed by atoms with Crippen LogP contribution in [0, 0.1) is 12.3 Å². The molecule has 9 nitrogen and oxygen atoms in total. The maximum atomic E-state index is 6.55. The van der Waals surface area contributed by atoms with E-state index in [0.717, 1.165) is 62.2 Å². The average molecular weight is 408 g/mol. The lowest BCUT2D eigenvalue weighted by molar-refractivity contribution is 0.234. The van der Waals surface area contributed by atoms with Gasteiger partial charge in [-0.3, -0.25) is 9.36 Å². The van der Waals surface area contributed by atoms with Gasteiger partial charge in [-0.2, -0.15) is 20.2 Å². The van der Waals surface area contributed by atoms with Crippen LogP contribution in [0.3, 0.4) is 0 Å². The molecule has 4 heterocycles. The van der Waals surface area contributed by atoms with Crippen molar-refractivity contribution in [3.05, 3.63) is 23.1 Å². The van der Waals surface area contributed by atoms with E-state index in [0.29, 0.717) is 5.41 Å². The summed E-state index contributed by atoms with van der Waals surface area (Å²) >= 11 is 0. The van der Waals surface area contributed by atoms with Crippen LogP contribution >= 0.6 is 0 Å². The van der Waals surface area contributed by atoms with Gasteiger partial charge in [0.15, 0.2) is 5.65 Å². The zero-order valence-corrected chi connectivity index (χ0v) is 17.7. The summed E-state index contributed by atoms with van der Waals surface area (Å²) in [6.45, 7) is 4.86. The number of rotatable bonds is 3. The summed E-state index contributed by atoms with van der Waals surface area (Å²) < 4.78 is 4.01. The molecule has 0 saturated heterocycles. The van der Waals surface area contributed by atoms with E-state index in [1.807, 2.05) is 13.2 Å². The fraction of sp³-hybridized carbons (Fsp3) is 0.619. The predicted octanol–water partition coefficient (Wildman–Crippen LogP) is 1.67. The van der Waals surface area contributed by atoms with Crippen molar-refractivity contribution < 1.29 is 0 Å². The summed E-state index contributed by atoms with van der Waals surface area (Å²) in [4.78, 5) is 11.2. The zero-order chi connectivity index (χ0) is 20.7. The lowest BCUT2D eigenvalue weighted by Gasteiger charge is -2.28. The van der Waals surface area contributed by atoms with Crippen molar-refractivity contribution in [3.8, 4) is 0 Å². The van der Waals surface area contributed by atoms with Crippen molar-refractivity contribution in [1.29, 1.82) is 0 Å². The molecule has 158 valence electrons. The van der Waals surface area contributed by atoms with Crippen molar-refractivity contribution in [2.24, 2.45) is 18.2 Å². The normalized spacial score (nSPS) is 27.9. The second-order valence-corrected chi connectivity index (χ2v) is 9.79. The molecule has 0 amide bonds. The van der Waals surface area contributed by atoms with Crippen LogP contribution in [0.25, 0.3) is 11.0 Å². The van der Waals surface area contributed by atoms with Crippen LogP contribution in [-0.2, 0) is 26.6 Å². The lowest BCUT2D eigenvalue weighted by atomic mass is 9.84. The molecule has 2 saturated carbocycles. The standard InChI is InChI=1S/C21H29N9/c1-13-15-10-29(18-14-9-24-28(2)17(14)25-19(22)26-18)8-3-16(15)27-30(13)12-20-4-6-21(23,11-20)7-5-20/h9H,3-8,10-12,23H2,1-2H3,(H2,22,25,26). The first kappa shape index (κ1) is 18.1. The highest BCUT2D eigenvalue weighted by Gasteiger charge is 2.52. The first-order valence-electron chi connectivity index (χ1n) is 10.9. The molecule has 0 radical (unpaired) electrons. The van der Waals surface area contributed by atoms with Gasteiger partial charge in [0.1, 0.15) is 5.82 Å². The van der Waals surface area contributed by atoms with E-state index < -0.39 is 0 Å². The molecule has 0 spiro atoms. The Bertz CT molecular complexity index is 1150. The van der Waals surface area contributed by atoms with E-state index in [2.05, 4.69) is 31.6 Å². The maximum absolute atomic E-state index is 6.55. The summed E-state index contributed by atoms with van der Waals surface area (Å²) in [5.74, 6) is 1.15. The molecule has 0 aromatic carbocycles. The molecule has 0 unspecified atom stereocenters. The van der Waals surface area contributed by atoms with Crippen molar-refractivity contribution in [2.75, 3.05) is 17.2 Å². The number of nitrogen functional groups attached to an aromatic ring is 1. The molecule has 2 aliphatic carbocycles. The Balaban J connectivity index is 1.32. The highest BCUT2D eigenvalue weighted by atomic mass is 15.3. The number of anilines is 2. The van der Waals surface area contributed by atoms with E-state index in [-0.39, 0.29) is 11.5 Å². The molecule has 2 fully saturated rings. The average Bonchev–Trinajstić information content (AvgIpc) is 3.44. The van der Waals surface area contributed by atoms with Gasteiger partial charge in [0.05, 0.1) is 17.3 Å². The SMILES string of the molecule is Cc1c2c(nn1CC13CCC(N)(CC1)C3)CCN(c1nc(N)nc3c1cnn3C)C2. The topological polar surface area (TPSA) is 117 Å². The molecule has 2 bridgehead atoms. The van der Waals surface area contributed by atoms with E-state index in [1.165, 1.54) is 29.8 Å². The smallest absolute Gasteiger partial charge is 0.224 e. The van der Waals surface area contributed by atoms with Crippen LogP contribution in [0.1, 0.15) is 49.1 Å². The van der Waals surface area contributed by atoms with Crippen molar-refractivity contribution >= 4 is 22.8 Å². The molecule has 1 aliphatic heterocycles. The number of aryl methyl sites for hydroxylation is 1. The molecule has 0 atom stereocenters. The van der Waals surface area contributed by atoms with Crippen molar-refractivity contribution in [3.63, 3.8) is 0 Å². The molecular weight excluding hydrogens is 378 g/mol. The third-order valence-electron chi connectivity index (χ3n) is 7.79. The molecular formula is C21H29N9. The summed E-state index contributed by atoms with van der Waals surface area (Å²) in [5.41, 5.74) is 17.6. The van der Waals surface area contributed by atoms with Crippen LogP contribution in [-0.4, -0.2) is 41.6 Å². The Morgan fingerprint density at radius 2 is 1.97 bits per heavy atom. The Morgan fingerprint density at radius 3 is 2.70 bits per heavy atom. The van der Waals surface area contributed by atoms with Crippen LogP contribution in [0.15, 0.2) is 6.20 Å².